The van der Waals surface area contributed by atoms with Crippen LogP contribution in [-0.4, -0.2) is 9.13 Å². The van der Waals surface area contributed by atoms with E-state index in [1.165, 1.54) is 21.3 Å². The van der Waals surface area contributed by atoms with Crippen molar-refractivity contribution in [3.63, 3.8) is 0 Å². The molecule has 20 heavy (non-hydrogen) atoms. The first-order chi connectivity index (χ1) is 9.58. The molecule has 0 unspecified atom stereocenters. The molecule has 6 nitrogen and oxygen atoms in total. The van der Waals surface area contributed by atoms with Gasteiger partial charge in [-0.05, 0) is 26.0 Å². The maximum atomic E-state index is 12.0. The van der Waals surface area contributed by atoms with Gasteiger partial charge in [-0.15, -0.1) is 0 Å². The number of aryl methyl sites for hydroxylation is 2. The van der Waals surface area contributed by atoms with Gasteiger partial charge < -0.3 is 9.13 Å². The van der Waals surface area contributed by atoms with Crippen LogP contribution in [0.1, 0.15) is 25.0 Å². The van der Waals surface area contributed by atoms with Crippen molar-refractivity contribution in [1.82, 2.24) is 9.13 Å². The molecule has 1 heterocycles. The molecule has 0 aliphatic rings. The molecule has 0 aliphatic carbocycles. The number of hydrogen-bond acceptors (Lipinski definition) is 4. The van der Waals surface area contributed by atoms with E-state index in [0.717, 1.165) is 0 Å². The summed E-state index contributed by atoms with van der Waals surface area (Å²) in [6.45, 7) is 4.15. The van der Waals surface area contributed by atoms with E-state index in [9.17, 15) is 9.59 Å². The van der Waals surface area contributed by atoms with E-state index in [1.807, 2.05) is 12.1 Å². The minimum Gasteiger partial charge on any atom is -0.302 e. The van der Waals surface area contributed by atoms with Gasteiger partial charge in [0.25, 0.3) is 0 Å². The SMILES string of the molecule is CCn1c(=O)c(=O)n(CC)c2cc(C#N)c(C#N)cc21. The molecular formula is C14H12N4O2. The van der Waals surface area contributed by atoms with Gasteiger partial charge >= 0.3 is 11.1 Å². The number of benzene rings is 1. The van der Waals surface area contributed by atoms with Crippen LogP contribution in [0.25, 0.3) is 11.0 Å². The molecular weight excluding hydrogens is 256 g/mol. The highest BCUT2D eigenvalue weighted by Gasteiger charge is 2.14. The quantitative estimate of drug-likeness (QED) is 0.758. The lowest BCUT2D eigenvalue weighted by Gasteiger charge is -2.13. The molecule has 1 aromatic heterocycles. The largest absolute Gasteiger partial charge is 0.316 e. The lowest BCUT2D eigenvalue weighted by atomic mass is 10.1. The van der Waals surface area contributed by atoms with E-state index in [1.54, 1.807) is 13.8 Å². The summed E-state index contributed by atoms with van der Waals surface area (Å²) in [5.41, 5.74) is 0.153. The zero-order valence-electron chi connectivity index (χ0n) is 11.2. The predicted molar refractivity (Wildman–Crippen MR) is 73.2 cm³/mol. The van der Waals surface area contributed by atoms with Crippen LogP contribution >= 0.6 is 0 Å². The Hall–Kier alpha value is -2.86. The van der Waals surface area contributed by atoms with E-state index in [0.29, 0.717) is 24.1 Å². The smallest absolute Gasteiger partial charge is 0.302 e. The van der Waals surface area contributed by atoms with Crippen molar-refractivity contribution in [2.45, 2.75) is 26.9 Å². The lowest BCUT2D eigenvalue weighted by molar-refractivity contribution is 0.682. The summed E-state index contributed by atoms with van der Waals surface area (Å²) < 4.78 is 2.65. The summed E-state index contributed by atoms with van der Waals surface area (Å²) in [4.78, 5) is 24.1. The van der Waals surface area contributed by atoms with E-state index >= 15 is 0 Å². The fourth-order valence-corrected chi connectivity index (χ4v) is 2.27. The minimum atomic E-state index is -0.615. The summed E-state index contributed by atoms with van der Waals surface area (Å²) in [6, 6.07) is 6.85. The van der Waals surface area contributed by atoms with Gasteiger partial charge in [0.15, 0.2) is 0 Å². The maximum absolute atomic E-state index is 12.0. The van der Waals surface area contributed by atoms with Crippen molar-refractivity contribution in [3.05, 3.63) is 44.0 Å². The Kier molecular flexibility index (Phi) is 3.41. The Bertz CT molecular complexity index is 816. The number of aromatic nitrogens is 2. The number of hydrogen-bond donors (Lipinski definition) is 0. The summed E-state index contributed by atoms with van der Waals surface area (Å²) in [7, 11) is 0. The predicted octanol–water partition coefficient (Wildman–Crippen LogP) is 0.946. The van der Waals surface area contributed by atoms with E-state index in [2.05, 4.69) is 0 Å². The normalized spacial score (nSPS) is 10.2. The zero-order chi connectivity index (χ0) is 14.9. The van der Waals surface area contributed by atoms with Gasteiger partial charge in [0, 0.05) is 13.1 Å². The topological polar surface area (TPSA) is 91.6 Å². The molecule has 100 valence electrons. The van der Waals surface area contributed by atoms with Crippen molar-refractivity contribution in [1.29, 1.82) is 10.5 Å². The minimum absolute atomic E-state index is 0.197. The first-order valence-corrected chi connectivity index (χ1v) is 6.20. The highest BCUT2D eigenvalue weighted by molar-refractivity contribution is 5.79. The number of rotatable bonds is 2. The molecule has 0 atom stereocenters. The second-order valence-electron chi connectivity index (χ2n) is 4.21. The second-order valence-corrected chi connectivity index (χ2v) is 4.21. The van der Waals surface area contributed by atoms with Crippen LogP contribution in [0.5, 0.6) is 0 Å². The van der Waals surface area contributed by atoms with Crippen LogP contribution in [-0.2, 0) is 13.1 Å². The number of fused-ring (bicyclic) bond motifs is 1. The van der Waals surface area contributed by atoms with E-state index in [4.69, 9.17) is 10.5 Å². The van der Waals surface area contributed by atoms with Crippen LogP contribution in [0.15, 0.2) is 21.7 Å². The molecule has 0 spiro atoms. The third-order valence-electron chi connectivity index (χ3n) is 3.24. The molecule has 0 radical (unpaired) electrons. The summed E-state index contributed by atoms with van der Waals surface area (Å²) in [6.07, 6.45) is 0. The summed E-state index contributed by atoms with van der Waals surface area (Å²) in [5, 5.41) is 18.1. The van der Waals surface area contributed by atoms with Crippen LogP contribution in [0.3, 0.4) is 0 Å². The van der Waals surface area contributed by atoms with Gasteiger partial charge in [-0.1, -0.05) is 0 Å². The Labute approximate surface area is 114 Å². The molecule has 6 heteroatoms. The first-order valence-electron chi connectivity index (χ1n) is 6.20. The van der Waals surface area contributed by atoms with Crippen molar-refractivity contribution in [3.8, 4) is 12.1 Å². The van der Waals surface area contributed by atoms with Crippen molar-refractivity contribution in [2.24, 2.45) is 0 Å². The van der Waals surface area contributed by atoms with Gasteiger partial charge in [0.05, 0.1) is 22.2 Å². The monoisotopic (exact) mass is 268 g/mol. The molecule has 0 aliphatic heterocycles. The summed E-state index contributed by atoms with van der Waals surface area (Å²) >= 11 is 0. The van der Waals surface area contributed by atoms with Crippen molar-refractivity contribution < 1.29 is 0 Å². The third kappa shape index (κ3) is 1.79. The molecule has 0 amide bonds. The zero-order valence-corrected chi connectivity index (χ0v) is 11.2. The molecule has 0 bridgehead atoms. The number of nitriles is 2. The highest BCUT2D eigenvalue weighted by atomic mass is 16.2. The van der Waals surface area contributed by atoms with Crippen LogP contribution < -0.4 is 11.1 Å². The standard InChI is InChI=1S/C14H12N4O2/c1-3-17-11-5-9(7-15)10(8-16)6-12(11)18(4-2)14(20)13(17)19/h5-6H,3-4H2,1-2H3. The van der Waals surface area contributed by atoms with E-state index < -0.39 is 11.1 Å². The average molecular weight is 268 g/mol. The van der Waals surface area contributed by atoms with Crippen LogP contribution in [0, 0.1) is 22.7 Å². The van der Waals surface area contributed by atoms with Gasteiger partial charge in [-0.2, -0.15) is 10.5 Å². The van der Waals surface area contributed by atoms with Crippen LogP contribution in [0.4, 0.5) is 0 Å². The van der Waals surface area contributed by atoms with Gasteiger partial charge in [0.1, 0.15) is 12.1 Å². The molecule has 1 aromatic carbocycles. The number of nitrogens with zero attached hydrogens (tertiary/aromatic N) is 4. The lowest BCUT2D eigenvalue weighted by Crippen LogP contribution is -2.41. The Balaban J connectivity index is 3.14. The molecule has 0 saturated heterocycles. The third-order valence-corrected chi connectivity index (χ3v) is 3.24. The molecule has 2 aromatic rings. The Morgan fingerprint density at radius 3 is 1.50 bits per heavy atom. The first kappa shape index (κ1) is 13.6. The summed E-state index contributed by atoms with van der Waals surface area (Å²) in [5.74, 6) is 0. The van der Waals surface area contributed by atoms with E-state index in [-0.39, 0.29) is 11.1 Å². The second kappa shape index (κ2) is 5.02. The molecule has 0 saturated carbocycles. The Morgan fingerprint density at radius 1 is 0.900 bits per heavy atom. The Morgan fingerprint density at radius 2 is 1.25 bits per heavy atom. The van der Waals surface area contributed by atoms with Crippen molar-refractivity contribution in [2.75, 3.05) is 0 Å². The molecule has 0 N–H and O–H groups in total. The fourth-order valence-electron chi connectivity index (χ4n) is 2.27. The van der Waals surface area contributed by atoms with Gasteiger partial charge in [0.2, 0.25) is 0 Å². The van der Waals surface area contributed by atoms with Gasteiger partial charge in [-0.25, -0.2) is 0 Å². The maximum Gasteiger partial charge on any atom is 0.316 e. The fraction of sp³-hybridized carbons (Fsp3) is 0.286. The van der Waals surface area contributed by atoms with Gasteiger partial charge in [-0.3, -0.25) is 9.59 Å². The van der Waals surface area contributed by atoms with Crippen molar-refractivity contribution >= 4 is 11.0 Å². The molecule has 2 rings (SSSR count). The average Bonchev–Trinajstić information content (AvgIpc) is 2.47. The molecule has 0 fully saturated rings. The van der Waals surface area contributed by atoms with Crippen LogP contribution in [0.2, 0.25) is 0 Å². The highest BCUT2D eigenvalue weighted by Crippen LogP contribution is 2.17.